The maximum atomic E-state index is 10.8. The van der Waals surface area contributed by atoms with Crippen LogP contribution in [-0.2, 0) is 4.79 Å². The summed E-state index contributed by atoms with van der Waals surface area (Å²) in [4.78, 5) is 12.8. The predicted octanol–water partition coefficient (Wildman–Crippen LogP) is -1.18. The third-order valence-corrected chi connectivity index (χ3v) is 1.73. The number of carbonyl (C=O) groups excluding carboxylic acids is 1. The molecule has 1 amide bonds. The number of fused-ring (bicyclic) bond motifs is 1. The second-order valence-electron chi connectivity index (χ2n) is 2.45. The van der Waals surface area contributed by atoms with E-state index >= 15 is 0 Å². The number of amides is 1. The molecule has 10 heavy (non-hydrogen) atoms. The molecule has 2 heterocycles. The van der Waals surface area contributed by atoms with Crippen LogP contribution < -0.4 is 10.6 Å². The zero-order valence-corrected chi connectivity index (χ0v) is 5.55. The molecule has 54 valence electrons. The van der Waals surface area contributed by atoms with Gasteiger partial charge in [-0.2, -0.15) is 0 Å². The topological polar surface area (TPSA) is 44.4 Å². The Labute approximate surface area is 58.9 Å². The van der Waals surface area contributed by atoms with Crippen molar-refractivity contribution in [2.75, 3.05) is 19.6 Å². The molecule has 1 fully saturated rings. The highest BCUT2D eigenvalue weighted by atomic mass is 16.2. The molecule has 4 nitrogen and oxygen atoms in total. The van der Waals surface area contributed by atoms with Gasteiger partial charge in [-0.1, -0.05) is 0 Å². The van der Waals surface area contributed by atoms with Gasteiger partial charge in [0.1, 0.15) is 5.82 Å². The molecule has 4 heteroatoms. The molecule has 2 aliphatic rings. The van der Waals surface area contributed by atoms with Crippen LogP contribution in [0.25, 0.3) is 0 Å². The average molecular weight is 139 g/mol. The first kappa shape index (κ1) is 5.58. The van der Waals surface area contributed by atoms with Crippen molar-refractivity contribution in [2.45, 2.75) is 0 Å². The number of nitrogens with zero attached hydrogens (tertiary/aromatic N) is 1. The zero-order chi connectivity index (χ0) is 6.97. The minimum Gasteiger partial charge on any atom is -0.369 e. The van der Waals surface area contributed by atoms with Crippen LogP contribution in [0.4, 0.5) is 0 Å². The summed E-state index contributed by atoms with van der Waals surface area (Å²) in [6.07, 6.45) is 1.72. The number of rotatable bonds is 0. The first-order valence-electron chi connectivity index (χ1n) is 3.34. The molecule has 2 rings (SSSR count). The maximum absolute atomic E-state index is 10.8. The van der Waals surface area contributed by atoms with E-state index in [4.69, 9.17) is 0 Å². The lowest BCUT2D eigenvalue weighted by Crippen LogP contribution is -2.38. The van der Waals surface area contributed by atoms with E-state index in [1.165, 1.54) is 0 Å². The molecule has 0 aliphatic carbocycles. The van der Waals surface area contributed by atoms with Gasteiger partial charge in [-0.3, -0.25) is 4.79 Å². The Morgan fingerprint density at radius 1 is 1.60 bits per heavy atom. The molecule has 0 bridgehead atoms. The van der Waals surface area contributed by atoms with E-state index in [1.807, 2.05) is 4.90 Å². The summed E-state index contributed by atoms with van der Waals surface area (Å²) in [5.41, 5.74) is 0. The summed E-state index contributed by atoms with van der Waals surface area (Å²) in [5.74, 6) is 1.12. The van der Waals surface area contributed by atoms with Crippen LogP contribution in [0.5, 0.6) is 0 Å². The van der Waals surface area contributed by atoms with E-state index in [2.05, 4.69) is 10.6 Å². The first-order chi connectivity index (χ1) is 4.86. The normalized spacial score (nSPS) is 23.0. The van der Waals surface area contributed by atoms with Gasteiger partial charge in [0.05, 0.1) is 6.54 Å². The van der Waals surface area contributed by atoms with Crippen LogP contribution >= 0.6 is 0 Å². The Morgan fingerprint density at radius 3 is 3.40 bits per heavy atom. The number of nitrogens with one attached hydrogen (secondary N) is 2. The molecule has 0 aromatic carbocycles. The summed E-state index contributed by atoms with van der Waals surface area (Å²) in [6, 6.07) is 0. The monoisotopic (exact) mass is 139 g/mol. The predicted molar refractivity (Wildman–Crippen MR) is 35.8 cm³/mol. The third kappa shape index (κ3) is 0.725. The first-order valence-corrected chi connectivity index (χ1v) is 3.34. The Bertz CT molecular complexity index is 199. The average Bonchev–Trinajstić information content (AvgIpc) is 2.33. The number of carbonyl (C=O) groups is 1. The van der Waals surface area contributed by atoms with Gasteiger partial charge in [0.2, 0.25) is 5.91 Å². The van der Waals surface area contributed by atoms with E-state index < -0.39 is 0 Å². The largest absolute Gasteiger partial charge is 0.369 e. The molecular weight excluding hydrogens is 130 g/mol. The van der Waals surface area contributed by atoms with Crippen molar-refractivity contribution < 1.29 is 4.79 Å². The second kappa shape index (κ2) is 1.90. The highest BCUT2D eigenvalue weighted by Crippen LogP contribution is 2.07. The van der Waals surface area contributed by atoms with Crippen molar-refractivity contribution in [3.05, 3.63) is 12.0 Å². The highest BCUT2D eigenvalue weighted by Gasteiger charge is 2.21. The fraction of sp³-hybridized carbons (Fsp3) is 0.500. The van der Waals surface area contributed by atoms with Crippen LogP contribution in [0.3, 0.4) is 0 Å². The molecule has 0 atom stereocenters. The molecule has 0 unspecified atom stereocenters. The van der Waals surface area contributed by atoms with Gasteiger partial charge < -0.3 is 15.5 Å². The number of hydrogen-bond donors (Lipinski definition) is 2. The molecule has 0 aromatic rings. The van der Waals surface area contributed by atoms with Gasteiger partial charge in [-0.25, -0.2) is 0 Å². The summed E-state index contributed by atoms with van der Waals surface area (Å²) in [6.45, 7) is 2.39. The minimum absolute atomic E-state index is 0.0763. The Balaban J connectivity index is 2.20. The Hall–Kier alpha value is -1.19. The van der Waals surface area contributed by atoms with Crippen molar-refractivity contribution in [1.29, 1.82) is 0 Å². The van der Waals surface area contributed by atoms with Gasteiger partial charge in [-0.05, 0) is 0 Å². The van der Waals surface area contributed by atoms with E-state index in [9.17, 15) is 4.79 Å². The molecule has 2 aliphatic heterocycles. The molecule has 0 radical (unpaired) electrons. The highest BCUT2D eigenvalue weighted by molar-refractivity contribution is 5.80. The lowest BCUT2D eigenvalue weighted by Gasteiger charge is -2.21. The maximum Gasteiger partial charge on any atom is 0.243 e. The standard InChI is InChI=1S/C6H9N3O/c10-6-4-9-2-1-7-5(9)3-8-6/h3,7H,1-2,4H2,(H,8,10). The third-order valence-electron chi connectivity index (χ3n) is 1.73. The van der Waals surface area contributed by atoms with Crippen molar-refractivity contribution in [3.63, 3.8) is 0 Å². The van der Waals surface area contributed by atoms with Crippen LogP contribution in [-0.4, -0.2) is 30.4 Å². The van der Waals surface area contributed by atoms with E-state index in [-0.39, 0.29) is 5.91 Å². The summed E-state index contributed by atoms with van der Waals surface area (Å²) in [7, 11) is 0. The molecule has 1 saturated heterocycles. The lowest BCUT2D eigenvalue weighted by molar-refractivity contribution is -0.121. The molecule has 0 spiro atoms. The molecule has 0 aromatic heterocycles. The van der Waals surface area contributed by atoms with Gasteiger partial charge in [0, 0.05) is 19.3 Å². The fourth-order valence-corrected chi connectivity index (χ4v) is 1.23. The Morgan fingerprint density at radius 2 is 2.50 bits per heavy atom. The van der Waals surface area contributed by atoms with E-state index in [1.54, 1.807) is 6.20 Å². The lowest BCUT2D eigenvalue weighted by atomic mass is 10.4. The zero-order valence-electron chi connectivity index (χ0n) is 5.55. The summed E-state index contributed by atoms with van der Waals surface area (Å²) < 4.78 is 0. The summed E-state index contributed by atoms with van der Waals surface area (Å²) >= 11 is 0. The Kier molecular flexibility index (Phi) is 1.06. The van der Waals surface area contributed by atoms with Crippen LogP contribution in [0.2, 0.25) is 0 Å². The summed E-state index contributed by atoms with van der Waals surface area (Å²) in [5, 5.41) is 5.80. The van der Waals surface area contributed by atoms with Gasteiger partial charge >= 0.3 is 0 Å². The van der Waals surface area contributed by atoms with Crippen LogP contribution in [0.15, 0.2) is 12.0 Å². The smallest absolute Gasteiger partial charge is 0.243 e. The van der Waals surface area contributed by atoms with E-state index in [0.717, 1.165) is 18.9 Å². The van der Waals surface area contributed by atoms with E-state index in [0.29, 0.717) is 6.54 Å². The van der Waals surface area contributed by atoms with Crippen LogP contribution in [0, 0.1) is 0 Å². The molecular formula is C6H9N3O. The fourth-order valence-electron chi connectivity index (χ4n) is 1.23. The SMILES string of the molecule is O=C1CN2CCNC2=CN1. The molecule has 2 N–H and O–H groups in total. The number of hydrogen-bond acceptors (Lipinski definition) is 3. The molecule has 0 saturated carbocycles. The van der Waals surface area contributed by atoms with Crippen molar-refractivity contribution in [1.82, 2.24) is 15.5 Å². The van der Waals surface area contributed by atoms with Gasteiger partial charge in [0.25, 0.3) is 0 Å². The van der Waals surface area contributed by atoms with Crippen LogP contribution in [0.1, 0.15) is 0 Å². The minimum atomic E-state index is 0.0763. The second-order valence-corrected chi connectivity index (χ2v) is 2.45. The van der Waals surface area contributed by atoms with Crippen molar-refractivity contribution in [2.24, 2.45) is 0 Å². The van der Waals surface area contributed by atoms with Gasteiger partial charge in [0.15, 0.2) is 0 Å². The van der Waals surface area contributed by atoms with Crippen molar-refractivity contribution >= 4 is 5.91 Å². The van der Waals surface area contributed by atoms with Crippen molar-refractivity contribution in [3.8, 4) is 0 Å². The quantitative estimate of drug-likeness (QED) is 0.444. The van der Waals surface area contributed by atoms with Gasteiger partial charge in [-0.15, -0.1) is 0 Å².